The Hall–Kier alpha value is -1.01. The number of amides is 1. The van der Waals surface area contributed by atoms with E-state index in [-0.39, 0.29) is 11.7 Å². The number of thioether (sulfide) groups is 1. The fraction of sp³-hybridized carbons (Fsp3) is 0.462. The van der Waals surface area contributed by atoms with E-state index in [1.54, 1.807) is 0 Å². The van der Waals surface area contributed by atoms with Crippen molar-refractivity contribution in [1.29, 1.82) is 0 Å². The Morgan fingerprint density at radius 1 is 1.32 bits per heavy atom. The van der Waals surface area contributed by atoms with Crippen LogP contribution < -0.4 is 5.32 Å². The molecule has 1 amide bonds. The van der Waals surface area contributed by atoms with Crippen molar-refractivity contribution in [3.05, 3.63) is 35.4 Å². The second kappa shape index (κ2) is 7.55. The Labute approximate surface area is 118 Å². The van der Waals surface area contributed by atoms with Gasteiger partial charge >= 0.3 is 0 Å². The largest absolute Gasteiger partial charge is 0.351 e. The Kier molecular flexibility index (Phi) is 6.37. The SMILES string of the molecule is Cc1ccccc1CNC(=O)CSCCS(C)(=O)=O. The Morgan fingerprint density at radius 2 is 2.00 bits per heavy atom. The maximum Gasteiger partial charge on any atom is 0.230 e. The van der Waals surface area contributed by atoms with Gasteiger partial charge in [0.2, 0.25) is 5.91 Å². The number of nitrogens with one attached hydrogen (secondary N) is 1. The van der Waals surface area contributed by atoms with Crippen molar-refractivity contribution in [3.63, 3.8) is 0 Å². The third kappa shape index (κ3) is 7.22. The van der Waals surface area contributed by atoms with Gasteiger partial charge in [-0.05, 0) is 18.1 Å². The summed E-state index contributed by atoms with van der Waals surface area (Å²) >= 11 is 1.34. The van der Waals surface area contributed by atoms with Gasteiger partial charge in [0.25, 0.3) is 0 Å². The lowest BCUT2D eigenvalue weighted by Gasteiger charge is -2.07. The number of aryl methyl sites for hydroxylation is 1. The molecule has 0 aliphatic heterocycles. The monoisotopic (exact) mass is 301 g/mol. The smallest absolute Gasteiger partial charge is 0.230 e. The van der Waals surface area contributed by atoms with Crippen LogP contribution in [0.2, 0.25) is 0 Å². The van der Waals surface area contributed by atoms with Gasteiger partial charge in [-0.15, -0.1) is 0 Å². The first kappa shape index (κ1) is 16.0. The molecule has 0 saturated heterocycles. The minimum atomic E-state index is -2.94. The van der Waals surface area contributed by atoms with Crippen molar-refractivity contribution in [2.75, 3.05) is 23.5 Å². The highest BCUT2D eigenvalue weighted by Gasteiger charge is 2.05. The highest BCUT2D eigenvalue weighted by atomic mass is 32.2. The van der Waals surface area contributed by atoms with E-state index in [9.17, 15) is 13.2 Å². The number of sulfone groups is 1. The third-order valence-electron chi connectivity index (χ3n) is 2.57. The molecule has 1 aromatic carbocycles. The third-order valence-corrected chi connectivity index (χ3v) is 4.73. The molecule has 0 aromatic heterocycles. The van der Waals surface area contributed by atoms with Crippen molar-refractivity contribution in [2.45, 2.75) is 13.5 Å². The van der Waals surface area contributed by atoms with E-state index in [1.807, 2.05) is 31.2 Å². The topological polar surface area (TPSA) is 63.2 Å². The second-order valence-corrected chi connectivity index (χ2v) is 7.75. The van der Waals surface area contributed by atoms with Gasteiger partial charge in [0, 0.05) is 18.6 Å². The Bertz CT molecular complexity index is 526. The minimum Gasteiger partial charge on any atom is -0.351 e. The number of hydrogen-bond donors (Lipinski definition) is 1. The van der Waals surface area contributed by atoms with Gasteiger partial charge in [-0.25, -0.2) is 8.42 Å². The number of carbonyl (C=O) groups is 1. The number of rotatable bonds is 7. The van der Waals surface area contributed by atoms with Crippen LogP contribution >= 0.6 is 11.8 Å². The summed E-state index contributed by atoms with van der Waals surface area (Å²) < 4.78 is 21.8. The standard InChI is InChI=1S/C13H19NO3S2/c1-11-5-3-4-6-12(11)9-14-13(15)10-18-7-8-19(2,16)17/h3-6H,7-10H2,1-2H3,(H,14,15). The Balaban J connectivity index is 2.24. The molecule has 0 atom stereocenters. The molecule has 1 aromatic rings. The van der Waals surface area contributed by atoms with E-state index < -0.39 is 9.84 Å². The quantitative estimate of drug-likeness (QED) is 0.773. The zero-order valence-corrected chi connectivity index (χ0v) is 12.8. The zero-order chi connectivity index (χ0) is 14.3. The summed E-state index contributed by atoms with van der Waals surface area (Å²) in [6.07, 6.45) is 1.20. The number of carbonyl (C=O) groups excluding carboxylic acids is 1. The summed E-state index contributed by atoms with van der Waals surface area (Å²) in [6, 6.07) is 7.88. The van der Waals surface area contributed by atoms with Gasteiger partial charge in [0.05, 0.1) is 11.5 Å². The van der Waals surface area contributed by atoms with E-state index in [4.69, 9.17) is 0 Å². The van der Waals surface area contributed by atoms with Crippen molar-refractivity contribution >= 4 is 27.5 Å². The summed E-state index contributed by atoms with van der Waals surface area (Å²) in [5.74, 6) is 0.794. The minimum absolute atomic E-state index is 0.0678. The maximum atomic E-state index is 11.6. The summed E-state index contributed by atoms with van der Waals surface area (Å²) in [5.41, 5.74) is 2.24. The van der Waals surface area contributed by atoms with Crippen molar-refractivity contribution in [1.82, 2.24) is 5.32 Å². The Morgan fingerprint density at radius 3 is 2.63 bits per heavy atom. The fourth-order valence-electron chi connectivity index (χ4n) is 1.43. The van der Waals surface area contributed by atoms with Gasteiger partial charge in [0.1, 0.15) is 9.84 Å². The predicted octanol–water partition coefficient (Wildman–Crippen LogP) is 1.39. The van der Waals surface area contributed by atoms with Crippen molar-refractivity contribution in [2.24, 2.45) is 0 Å². The van der Waals surface area contributed by atoms with Crippen LogP contribution in [-0.4, -0.2) is 37.8 Å². The number of hydrogen-bond acceptors (Lipinski definition) is 4. The van der Waals surface area contributed by atoms with Crippen LogP contribution in [0.4, 0.5) is 0 Å². The maximum absolute atomic E-state index is 11.6. The van der Waals surface area contributed by atoms with Crippen LogP contribution in [0.1, 0.15) is 11.1 Å². The molecular weight excluding hydrogens is 282 g/mol. The lowest BCUT2D eigenvalue weighted by molar-refractivity contribution is -0.118. The molecule has 19 heavy (non-hydrogen) atoms. The molecule has 1 N–H and O–H groups in total. The molecule has 0 saturated carbocycles. The molecule has 0 aliphatic carbocycles. The molecule has 4 nitrogen and oxygen atoms in total. The molecule has 0 fully saturated rings. The fourth-order valence-corrected chi connectivity index (χ4v) is 3.54. The van der Waals surface area contributed by atoms with Gasteiger partial charge in [0.15, 0.2) is 0 Å². The van der Waals surface area contributed by atoms with Gasteiger partial charge in [-0.3, -0.25) is 4.79 Å². The highest BCUT2D eigenvalue weighted by Crippen LogP contribution is 2.06. The van der Waals surface area contributed by atoms with Crippen LogP contribution in [0.5, 0.6) is 0 Å². The molecule has 0 radical (unpaired) electrons. The average molecular weight is 301 g/mol. The summed E-state index contributed by atoms with van der Waals surface area (Å²) in [4.78, 5) is 11.6. The lowest BCUT2D eigenvalue weighted by atomic mass is 10.1. The van der Waals surface area contributed by atoms with Crippen LogP contribution in [0.25, 0.3) is 0 Å². The van der Waals surface area contributed by atoms with Crippen molar-refractivity contribution < 1.29 is 13.2 Å². The van der Waals surface area contributed by atoms with Gasteiger partial charge < -0.3 is 5.32 Å². The number of benzene rings is 1. The predicted molar refractivity (Wildman–Crippen MR) is 80.1 cm³/mol. The van der Waals surface area contributed by atoms with Crippen LogP contribution in [0.3, 0.4) is 0 Å². The van der Waals surface area contributed by atoms with E-state index in [1.165, 1.54) is 18.0 Å². The summed E-state index contributed by atoms with van der Waals surface area (Å²) in [5, 5.41) is 2.83. The van der Waals surface area contributed by atoms with Crippen LogP contribution in [-0.2, 0) is 21.2 Å². The van der Waals surface area contributed by atoms with Crippen molar-refractivity contribution in [3.8, 4) is 0 Å². The molecule has 0 heterocycles. The molecule has 6 heteroatoms. The first-order valence-corrected chi connectivity index (χ1v) is 9.16. The molecule has 106 valence electrons. The van der Waals surface area contributed by atoms with E-state index in [0.29, 0.717) is 18.1 Å². The highest BCUT2D eigenvalue weighted by molar-refractivity contribution is 8.01. The van der Waals surface area contributed by atoms with E-state index >= 15 is 0 Å². The first-order valence-electron chi connectivity index (χ1n) is 5.95. The van der Waals surface area contributed by atoms with Gasteiger partial charge in [-0.2, -0.15) is 11.8 Å². The zero-order valence-electron chi connectivity index (χ0n) is 11.2. The molecule has 0 aliphatic rings. The first-order chi connectivity index (χ1) is 8.88. The molecular formula is C13H19NO3S2. The lowest BCUT2D eigenvalue weighted by Crippen LogP contribution is -2.25. The summed E-state index contributed by atoms with van der Waals surface area (Å²) in [6.45, 7) is 2.51. The molecule has 1 rings (SSSR count). The molecule has 0 unspecified atom stereocenters. The van der Waals surface area contributed by atoms with E-state index in [0.717, 1.165) is 11.1 Å². The van der Waals surface area contributed by atoms with E-state index in [2.05, 4.69) is 5.32 Å². The molecule has 0 spiro atoms. The second-order valence-electron chi connectivity index (χ2n) is 4.39. The molecule has 0 bridgehead atoms. The normalized spacial score (nSPS) is 11.3. The summed E-state index contributed by atoms with van der Waals surface area (Å²) in [7, 11) is -2.94. The average Bonchev–Trinajstić information content (AvgIpc) is 2.32. The van der Waals surface area contributed by atoms with Crippen LogP contribution in [0, 0.1) is 6.92 Å². The van der Waals surface area contributed by atoms with Crippen LogP contribution in [0.15, 0.2) is 24.3 Å². The van der Waals surface area contributed by atoms with Gasteiger partial charge in [-0.1, -0.05) is 24.3 Å².